The van der Waals surface area contributed by atoms with E-state index in [-0.39, 0.29) is 12.5 Å². The molecular weight excluding hydrogens is 222 g/mol. The second kappa shape index (κ2) is 4.97. The fourth-order valence-electron chi connectivity index (χ4n) is 1.80. The number of carboxylic acids is 1. The van der Waals surface area contributed by atoms with Gasteiger partial charge in [-0.25, -0.2) is 4.79 Å². The first kappa shape index (κ1) is 11.6. The lowest BCUT2D eigenvalue weighted by molar-refractivity contribution is -0.147. The number of carboxylic acid groups (broad SMARTS) is 1. The first-order valence-corrected chi connectivity index (χ1v) is 5.36. The molecule has 1 saturated heterocycles. The first-order chi connectivity index (χ1) is 8.20. The highest BCUT2D eigenvalue weighted by molar-refractivity contribution is 5.96. The third-order valence-electron chi connectivity index (χ3n) is 2.70. The van der Waals surface area contributed by atoms with Crippen molar-refractivity contribution in [1.29, 1.82) is 0 Å². The van der Waals surface area contributed by atoms with E-state index in [9.17, 15) is 9.59 Å². The molecule has 2 rings (SSSR count). The van der Waals surface area contributed by atoms with Crippen LogP contribution in [0.5, 0.6) is 0 Å². The van der Waals surface area contributed by atoms with Crippen molar-refractivity contribution in [1.82, 2.24) is 4.90 Å². The summed E-state index contributed by atoms with van der Waals surface area (Å²) in [4.78, 5) is 24.5. The molecular formula is C12H13NO4. The van der Waals surface area contributed by atoms with Crippen LogP contribution >= 0.6 is 0 Å². The van der Waals surface area contributed by atoms with Crippen molar-refractivity contribution in [3.63, 3.8) is 0 Å². The van der Waals surface area contributed by atoms with E-state index < -0.39 is 12.0 Å². The molecule has 0 aliphatic carbocycles. The molecule has 0 radical (unpaired) electrons. The van der Waals surface area contributed by atoms with Crippen LogP contribution in [0.25, 0.3) is 0 Å². The second-order valence-corrected chi connectivity index (χ2v) is 3.79. The highest BCUT2D eigenvalue weighted by Gasteiger charge is 2.32. The number of aliphatic carboxylic acids is 1. The molecule has 1 N–H and O–H groups in total. The van der Waals surface area contributed by atoms with Crippen LogP contribution in [0.15, 0.2) is 30.3 Å². The van der Waals surface area contributed by atoms with Crippen LogP contribution in [0.1, 0.15) is 10.4 Å². The van der Waals surface area contributed by atoms with Gasteiger partial charge in [-0.3, -0.25) is 4.79 Å². The number of nitrogens with zero attached hydrogens (tertiary/aromatic N) is 1. The zero-order valence-corrected chi connectivity index (χ0v) is 9.20. The van der Waals surface area contributed by atoms with E-state index in [4.69, 9.17) is 9.84 Å². The van der Waals surface area contributed by atoms with Gasteiger partial charge in [0.05, 0.1) is 13.2 Å². The molecule has 0 aromatic heterocycles. The van der Waals surface area contributed by atoms with Crippen molar-refractivity contribution in [2.75, 3.05) is 19.8 Å². The summed E-state index contributed by atoms with van der Waals surface area (Å²) in [6.07, 6.45) is 0. The van der Waals surface area contributed by atoms with Gasteiger partial charge < -0.3 is 14.7 Å². The average Bonchev–Trinajstić information content (AvgIpc) is 2.39. The van der Waals surface area contributed by atoms with Gasteiger partial charge in [0.2, 0.25) is 0 Å². The molecule has 1 heterocycles. The molecule has 5 nitrogen and oxygen atoms in total. The second-order valence-electron chi connectivity index (χ2n) is 3.79. The topological polar surface area (TPSA) is 66.8 Å². The number of morpholine rings is 1. The molecule has 1 aliphatic heterocycles. The molecule has 0 bridgehead atoms. The van der Waals surface area contributed by atoms with Crippen LogP contribution in [0, 0.1) is 0 Å². The van der Waals surface area contributed by atoms with Crippen LogP contribution in [0.3, 0.4) is 0 Å². The standard InChI is InChI=1S/C12H13NO4/c14-11(9-4-2-1-3-5-9)13-6-7-17-8-10(13)12(15)16/h1-5,10H,6-8H2,(H,15,16). The molecule has 1 aromatic carbocycles. The molecule has 0 spiro atoms. The number of hydrogen-bond acceptors (Lipinski definition) is 3. The summed E-state index contributed by atoms with van der Waals surface area (Å²) in [6.45, 7) is 0.737. The highest BCUT2D eigenvalue weighted by Crippen LogP contribution is 2.12. The van der Waals surface area contributed by atoms with Gasteiger partial charge in [0, 0.05) is 12.1 Å². The van der Waals surface area contributed by atoms with E-state index in [1.165, 1.54) is 4.90 Å². The van der Waals surface area contributed by atoms with Crippen LogP contribution in [-0.2, 0) is 9.53 Å². The van der Waals surface area contributed by atoms with Crippen molar-refractivity contribution < 1.29 is 19.4 Å². The lowest BCUT2D eigenvalue weighted by atomic mass is 10.1. The number of amides is 1. The van der Waals surface area contributed by atoms with Crippen LogP contribution in [0.2, 0.25) is 0 Å². The van der Waals surface area contributed by atoms with Crippen LogP contribution < -0.4 is 0 Å². The zero-order chi connectivity index (χ0) is 12.3. The Hall–Kier alpha value is -1.88. The van der Waals surface area contributed by atoms with Crippen LogP contribution in [0.4, 0.5) is 0 Å². The molecule has 90 valence electrons. The molecule has 17 heavy (non-hydrogen) atoms. The molecule has 1 aliphatic rings. The largest absolute Gasteiger partial charge is 0.480 e. The third-order valence-corrected chi connectivity index (χ3v) is 2.70. The minimum absolute atomic E-state index is 0.0495. The van der Waals surface area contributed by atoms with E-state index in [0.717, 1.165) is 0 Å². The van der Waals surface area contributed by atoms with Crippen molar-refractivity contribution in [3.05, 3.63) is 35.9 Å². The SMILES string of the molecule is O=C(O)C1COCCN1C(=O)c1ccccc1. The third kappa shape index (κ3) is 2.45. The maximum Gasteiger partial charge on any atom is 0.328 e. The Morgan fingerprint density at radius 1 is 1.29 bits per heavy atom. The first-order valence-electron chi connectivity index (χ1n) is 5.36. The number of rotatable bonds is 2. The fraction of sp³-hybridized carbons (Fsp3) is 0.333. The van der Waals surface area contributed by atoms with Crippen LogP contribution in [-0.4, -0.2) is 47.7 Å². The Morgan fingerprint density at radius 2 is 2.00 bits per heavy atom. The van der Waals surface area contributed by atoms with E-state index in [1.54, 1.807) is 24.3 Å². The predicted octanol–water partition coefficient (Wildman–Crippen LogP) is 0.612. The molecule has 1 aromatic rings. The van der Waals surface area contributed by atoms with Gasteiger partial charge in [-0.2, -0.15) is 0 Å². The Labute approximate surface area is 98.6 Å². The summed E-state index contributed by atoms with van der Waals surface area (Å²) in [6, 6.07) is 7.78. The molecule has 1 unspecified atom stereocenters. The fourth-order valence-corrected chi connectivity index (χ4v) is 1.80. The van der Waals surface area contributed by atoms with Gasteiger partial charge in [-0.15, -0.1) is 0 Å². The lowest BCUT2D eigenvalue weighted by Crippen LogP contribution is -2.52. The summed E-state index contributed by atoms with van der Waals surface area (Å²) in [5.74, 6) is -1.30. The van der Waals surface area contributed by atoms with Crippen molar-refractivity contribution >= 4 is 11.9 Å². The maximum atomic E-state index is 12.1. The molecule has 1 atom stereocenters. The monoisotopic (exact) mass is 235 g/mol. The summed E-state index contributed by atoms with van der Waals surface area (Å²) >= 11 is 0. The normalized spacial score (nSPS) is 20.0. The Morgan fingerprint density at radius 3 is 2.65 bits per heavy atom. The van der Waals surface area contributed by atoms with Gasteiger partial charge >= 0.3 is 5.97 Å². The molecule has 5 heteroatoms. The van der Waals surface area contributed by atoms with E-state index in [0.29, 0.717) is 18.7 Å². The summed E-state index contributed by atoms with van der Waals surface area (Å²) in [5.41, 5.74) is 0.501. The quantitative estimate of drug-likeness (QED) is 0.815. The number of hydrogen-bond donors (Lipinski definition) is 1. The van der Waals surface area contributed by atoms with E-state index >= 15 is 0 Å². The summed E-state index contributed by atoms with van der Waals surface area (Å²) < 4.78 is 5.08. The summed E-state index contributed by atoms with van der Waals surface area (Å²) in [5, 5.41) is 9.03. The van der Waals surface area contributed by atoms with Crippen molar-refractivity contribution in [2.45, 2.75) is 6.04 Å². The Kier molecular flexibility index (Phi) is 3.39. The average molecular weight is 235 g/mol. The lowest BCUT2D eigenvalue weighted by Gasteiger charge is -2.32. The van der Waals surface area contributed by atoms with Crippen molar-refractivity contribution in [2.24, 2.45) is 0 Å². The smallest absolute Gasteiger partial charge is 0.328 e. The minimum atomic E-state index is -1.03. The van der Waals surface area contributed by atoms with E-state index in [2.05, 4.69) is 0 Å². The molecule has 1 fully saturated rings. The molecule has 1 amide bonds. The predicted molar refractivity (Wildman–Crippen MR) is 59.7 cm³/mol. The number of ether oxygens (including phenoxy) is 1. The number of benzene rings is 1. The zero-order valence-electron chi connectivity index (χ0n) is 9.20. The number of carbonyl (C=O) groups excluding carboxylic acids is 1. The maximum absolute atomic E-state index is 12.1. The Bertz CT molecular complexity index is 418. The van der Waals surface area contributed by atoms with Gasteiger partial charge in [0.1, 0.15) is 0 Å². The van der Waals surface area contributed by atoms with Gasteiger partial charge in [0.25, 0.3) is 5.91 Å². The van der Waals surface area contributed by atoms with Gasteiger partial charge in [-0.1, -0.05) is 18.2 Å². The van der Waals surface area contributed by atoms with E-state index in [1.807, 2.05) is 6.07 Å². The van der Waals surface area contributed by atoms with Gasteiger partial charge in [-0.05, 0) is 12.1 Å². The Balaban J connectivity index is 2.20. The number of carbonyl (C=O) groups is 2. The minimum Gasteiger partial charge on any atom is -0.480 e. The highest BCUT2D eigenvalue weighted by atomic mass is 16.5. The summed E-state index contributed by atoms with van der Waals surface area (Å²) in [7, 11) is 0. The van der Waals surface area contributed by atoms with Gasteiger partial charge in [0.15, 0.2) is 6.04 Å². The molecule has 0 saturated carbocycles. The van der Waals surface area contributed by atoms with Crippen molar-refractivity contribution in [3.8, 4) is 0 Å².